The van der Waals surface area contributed by atoms with Crippen molar-refractivity contribution in [3.63, 3.8) is 0 Å². The molecule has 1 aromatic rings. The summed E-state index contributed by atoms with van der Waals surface area (Å²) in [4.78, 5) is 22.5. The third kappa shape index (κ3) is 4.66. The lowest BCUT2D eigenvalue weighted by molar-refractivity contribution is -0.138. The van der Waals surface area contributed by atoms with Crippen LogP contribution >= 0.6 is 11.5 Å². The van der Waals surface area contributed by atoms with E-state index in [9.17, 15) is 9.59 Å². The van der Waals surface area contributed by atoms with Crippen molar-refractivity contribution < 1.29 is 14.7 Å². The molecular weight excluding hydrogens is 256 g/mol. The SMILES string of the molecule is CC(C)(C)C(CC(=O)O)NC(=O)Nc1cnns1. The van der Waals surface area contributed by atoms with Gasteiger partial charge in [-0.2, -0.15) is 0 Å². The third-order valence-electron chi connectivity index (χ3n) is 2.33. The molecule has 0 saturated heterocycles. The Kier molecular flexibility index (Phi) is 4.60. The third-order valence-corrected chi connectivity index (χ3v) is 2.91. The van der Waals surface area contributed by atoms with Gasteiger partial charge in [-0.15, -0.1) is 5.10 Å². The summed E-state index contributed by atoms with van der Waals surface area (Å²) in [6.45, 7) is 5.61. The van der Waals surface area contributed by atoms with E-state index in [1.807, 2.05) is 20.8 Å². The van der Waals surface area contributed by atoms with Gasteiger partial charge in [-0.25, -0.2) is 4.79 Å². The summed E-state index contributed by atoms with van der Waals surface area (Å²) in [6.07, 6.45) is 1.30. The zero-order valence-electron chi connectivity index (χ0n) is 10.4. The van der Waals surface area contributed by atoms with E-state index >= 15 is 0 Å². The molecule has 1 rings (SSSR count). The van der Waals surface area contributed by atoms with Gasteiger partial charge >= 0.3 is 12.0 Å². The van der Waals surface area contributed by atoms with Crippen molar-refractivity contribution in [1.29, 1.82) is 0 Å². The maximum atomic E-state index is 11.7. The monoisotopic (exact) mass is 272 g/mol. The highest BCUT2D eigenvalue weighted by Crippen LogP contribution is 2.22. The molecule has 0 spiro atoms. The van der Waals surface area contributed by atoms with Crippen LogP contribution in [0.4, 0.5) is 9.80 Å². The molecule has 0 fully saturated rings. The first-order valence-electron chi connectivity index (χ1n) is 5.35. The summed E-state index contributed by atoms with van der Waals surface area (Å²) in [5.41, 5.74) is -0.346. The van der Waals surface area contributed by atoms with Gasteiger partial charge in [0.1, 0.15) is 5.00 Å². The summed E-state index contributed by atoms with van der Waals surface area (Å²) >= 11 is 1.05. The van der Waals surface area contributed by atoms with Gasteiger partial charge in [0, 0.05) is 17.6 Å². The number of anilines is 1. The van der Waals surface area contributed by atoms with Crippen LogP contribution in [0.5, 0.6) is 0 Å². The number of carboxylic acids is 1. The number of aromatic nitrogens is 2. The average molecular weight is 272 g/mol. The molecule has 7 nitrogen and oxygen atoms in total. The molecule has 1 atom stereocenters. The summed E-state index contributed by atoms with van der Waals surface area (Å²) in [7, 11) is 0. The number of nitrogens with zero attached hydrogens (tertiary/aromatic N) is 2. The minimum Gasteiger partial charge on any atom is -0.481 e. The van der Waals surface area contributed by atoms with Gasteiger partial charge in [0.25, 0.3) is 0 Å². The Morgan fingerprint density at radius 2 is 2.17 bits per heavy atom. The van der Waals surface area contributed by atoms with Gasteiger partial charge in [0.05, 0.1) is 12.6 Å². The van der Waals surface area contributed by atoms with E-state index in [-0.39, 0.29) is 11.8 Å². The number of urea groups is 1. The number of aliphatic carboxylic acids is 1. The van der Waals surface area contributed by atoms with Crippen molar-refractivity contribution in [3.8, 4) is 0 Å². The van der Waals surface area contributed by atoms with Crippen LogP contribution in [0.15, 0.2) is 6.20 Å². The van der Waals surface area contributed by atoms with Gasteiger partial charge in [0.15, 0.2) is 0 Å². The van der Waals surface area contributed by atoms with Crippen LogP contribution in [-0.2, 0) is 4.79 Å². The fraction of sp³-hybridized carbons (Fsp3) is 0.600. The molecule has 1 aromatic heterocycles. The number of hydrogen-bond acceptors (Lipinski definition) is 5. The first-order valence-corrected chi connectivity index (χ1v) is 6.13. The summed E-state index contributed by atoms with van der Waals surface area (Å²) in [5.74, 6) is -0.949. The Hall–Kier alpha value is -1.70. The summed E-state index contributed by atoms with van der Waals surface area (Å²) in [5, 5.41) is 18.1. The van der Waals surface area contributed by atoms with E-state index in [2.05, 4.69) is 20.2 Å². The van der Waals surface area contributed by atoms with E-state index in [0.717, 1.165) is 11.5 Å². The van der Waals surface area contributed by atoms with Crippen molar-refractivity contribution in [3.05, 3.63) is 6.20 Å². The van der Waals surface area contributed by atoms with E-state index in [1.54, 1.807) is 0 Å². The fourth-order valence-corrected chi connectivity index (χ4v) is 1.69. The van der Waals surface area contributed by atoms with Crippen molar-refractivity contribution in [2.45, 2.75) is 33.2 Å². The molecule has 0 saturated carbocycles. The number of nitrogens with one attached hydrogen (secondary N) is 2. The van der Waals surface area contributed by atoms with Crippen LogP contribution in [0.1, 0.15) is 27.2 Å². The summed E-state index contributed by atoms with van der Waals surface area (Å²) in [6, 6.07) is -0.918. The Morgan fingerprint density at radius 3 is 2.61 bits per heavy atom. The molecule has 1 heterocycles. The van der Waals surface area contributed by atoms with Crippen LogP contribution in [-0.4, -0.2) is 32.7 Å². The molecule has 3 N–H and O–H groups in total. The highest BCUT2D eigenvalue weighted by molar-refractivity contribution is 7.10. The minimum atomic E-state index is -0.949. The van der Waals surface area contributed by atoms with Crippen LogP contribution in [0, 0.1) is 5.41 Å². The van der Waals surface area contributed by atoms with Crippen LogP contribution < -0.4 is 10.6 Å². The molecule has 0 aliphatic carbocycles. The normalized spacial score (nSPS) is 12.8. The van der Waals surface area contributed by atoms with E-state index in [4.69, 9.17) is 5.11 Å². The van der Waals surface area contributed by atoms with Gasteiger partial charge in [-0.1, -0.05) is 25.3 Å². The number of rotatable bonds is 4. The predicted octanol–water partition coefficient (Wildman–Crippen LogP) is 1.55. The average Bonchev–Trinajstić information content (AvgIpc) is 2.67. The van der Waals surface area contributed by atoms with Gasteiger partial charge in [-0.05, 0) is 5.41 Å². The quantitative estimate of drug-likeness (QED) is 0.771. The van der Waals surface area contributed by atoms with Crippen molar-refractivity contribution in [2.24, 2.45) is 5.41 Å². The molecular formula is C10H16N4O3S. The maximum Gasteiger partial charge on any atom is 0.320 e. The van der Waals surface area contributed by atoms with Crippen molar-refractivity contribution in [1.82, 2.24) is 14.9 Å². The second-order valence-corrected chi connectivity index (χ2v) is 5.68. The Labute approximate surface area is 109 Å². The van der Waals surface area contributed by atoms with Crippen molar-refractivity contribution >= 4 is 28.5 Å². The Morgan fingerprint density at radius 1 is 1.50 bits per heavy atom. The Balaban J connectivity index is 2.60. The predicted molar refractivity (Wildman–Crippen MR) is 67.6 cm³/mol. The molecule has 0 radical (unpaired) electrons. The van der Waals surface area contributed by atoms with Crippen LogP contribution in [0.3, 0.4) is 0 Å². The van der Waals surface area contributed by atoms with Crippen LogP contribution in [0.25, 0.3) is 0 Å². The molecule has 0 aromatic carbocycles. The first-order chi connectivity index (χ1) is 8.29. The lowest BCUT2D eigenvalue weighted by Crippen LogP contribution is -2.46. The smallest absolute Gasteiger partial charge is 0.320 e. The highest BCUT2D eigenvalue weighted by Gasteiger charge is 2.28. The number of carbonyl (C=O) groups excluding carboxylic acids is 1. The van der Waals surface area contributed by atoms with E-state index in [1.165, 1.54) is 6.20 Å². The topological polar surface area (TPSA) is 104 Å². The lowest BCUT2D eigenvalue weighted by atomic mass is 9.85. The minimum absolute atomic E-state index is 0.127. The molecule has 8 heteroatoms. The molecule has 2 amide bonds. The number of carbonyl (C=O) groups is 2. The second kappa shape index (κ2) is 5.76. The zero-order valence-corrected chi connectivity index (χ0v) is 11.2. The fourth-order valence-electron chi connectivity index (χ4n) is 1.28. The van der Waals surface area contributed by atoms with Gasteiger partial charge in [-0.3, -0.25) is 10.1 Å². The molecule has 0 aliphatic rings. The summed E-state index contributed by atoms with van der Waals surface area (Å²) < 4.78 is 3.61. The largest absolute Gasteiger partial charge is 0.481 e. The van der Waals surface area contributed by atoms with Crippen molar-refractivity contribution in [2.75, 3.05) is 5.32 Å². The maximum absolute atomic E-state index is 11.7. The second-order valence-electron chi connectivity index (χ2n) is 4.90. The van der Waals surface area contributed by atoms with E-state index < -0.39 is 18.0 Å². The highest BCUT2D eigenvalue weighted by atomic mass is 32.1. The number of carboxylic acid groups (broad SMARTS) is 1. The standard InChI is InChI=1S/C10H16N4O3S/c1-10(2,3)6(4-8(15)16)12-9(17)13-7-5-11-14-18-7/h5-6H,4H2,1-3H3,(H,15,16)(H2,12,13,17). The lowest BCUT2D eigenvalue weighted by Gasteiger charge is -2.30. The number of hydrogen-bond donors (Lipinski definition) is 3. The van der Waals surface area contributed by atoms with Gasteiger partial charge < -0.3 is 10.4 Å². The molecule has 18 heavy (non-hydrogen) atoms. The molecule has 0 bridgehead atoms. The molecule has 100 valence electrons. The first kappa shape index (κ1) is 14.4. The zero-order chi connectivity index (χ0) is 13.8. The van der Waals surface area contributed by atoms with Crippen LogP contribution in [0.2, 0.25) is 0 Å². The molecule has 1 unspecified atom stereocenters. The Bertz CT molecular complexity index is 413. The van der Waals surface area contributed by atoms with Gasteiger partial charge in [0.2, 0.25) is 0 Å². The number of amides is 2. The molecule has 0 aliphatic heterocycles. The van der Waals surface area contributed by atoms with E-state index in [0.29, 0.717) is 5.00 Å².